The predicted octanol–water partition coefficient (Wildman–Crippen LogP) is 5.51. The van der Waals surface area contributed by atoms with Gasteiger partial charge in [-0.25, -0.2) is 10.1 Å². The number of methoxy groups -OCH3 is 1. The number of rotatable bonds is 10. The fourth-order valence-corrected chi connectivity index (χ4v) is 8.08. The highest BCUT2D eigenvalue weighted by Gasteiger charge is 2.28. The molecule has 2 aliphatic rings. The van der Waals surface area contributed by atoms with Crippen LogP contribution in [0.5, 0.6) is 5.75 Å². The fourth-order valence-electron chi connectivity index (χ4n) is 6.63. The molecule has 0 amide bonds. The quantitative estimate of drug-likeness (QED) is 0.177. The number of aromatic nitrogens is 4. The van der Waals surface area contributed by atoms with Crippen molar-refractivity contribution in [2.24, 2.45) is 0 Å². The Bertz CT molecular complexity index is 1880. The van der Waals surface area contributed by atoms with Crippen molar-refractivity contribution in [2.45, 2.75) is 32.2 Å². The van der Waals surface area contributed by atoms with Crippen LogP contribution in [0.25, 0.3) is 11.3 Å². The number of piperazine rings is 1. The highest BCUT2D eigenvalue weighted by molar-refractivity contribution is 9.10. The number of aryl methyl sites for hydroxylation is 1. The monoisotopic (exact) mass is 749 g/mol. The lowest BCUT2D eigenvalue weighted by molar-refractivity contribution is 0.0982. The number of benzene rings is 2. The van der Waals surface area contributed by atoms with Gasteiger partial charge < -0.3 is 29.7 Å². The molecular formula is C35H45BrN9O3P. The molecule has 6 rings (SSSR count). The Morgan fingerprint density at radius 1 is 1.00 bits per heavy atom. The second-order valence-electron chi connectivity index (χ2n) is 13.1. The van der Waals surface area contributed by atoms with Crippen LogP contribution in [-0.4, -0.2) is 103 Å². The van der Waals surface area contributed by atoms with Crippen LogP contribution in [0.1, 0.15) is 25.3 Å². The van der Waals surface area contributed by atoms with E-state index in [1.54, 1.807) is 32.7 Å². The van der Waals surface area contributed by atoms with E-state index < -0.39 is 7.14 Å². The van der Waals surface area contributed by atoms with Crippen molar-refractivity contribution < 1.29 is 9.30 Å². The number of anilines is 5. The zero-order valence-electron chi connectivity index (χ0n) is 28.8. The summed E-state index contributed by atoms with van der Waals surface area (Å²) < 4.78 is 20.0. The SMILES string of the molecule is CCc1cc(Nc2ncc(Br)c(Nc3ccc(-c4ccc(=O)[nH]n4)cc3P(C)(C)=O)n2)c(OC)cc1N1CCC(N2CCN(C)CC2)CC1. The number of piperidine rings is 1. The Balaban J connectivity index is 1.21. The second kappa shape index (κ2) is 15.0. The number of H-pyrrole nitrogens is 1. The summed E-state index contributed by atoms with van der Waals surface area (Å²) in [6, 6.07) is 13.5. The van der Waals surface area contributed by atoms with Gasteiger partial charge in [-0.1, -0.05) is 13.0 Å². The van der Waals surface area contributed by atoms with Crippen LogP contribution < -0.4 is 31.1 Å². The van der Waals surface area contributed by atoms with E-state index in [0.717, 1.165) is 75.5 Å². The summed E-state index contributed by atoms with van der Waals surface area (Å²) in [6.07, 6.45) is 4.89. The molecular weight excluding hydrogens is 705 g/mol. The molecule has 2 aromatic heterocycles. The first-order chi connectivity index (χ1) is 23.5. The van der Waals surface area contributed by atoms with Crippen molar-refractivity contribution in [2.75, 3.05) is 82.3 Å². The van der Waals surface area contributed by atoms with Crippen molar-refractivity contribution in [1.82, 2.24) is 30.0 Å². The number of aromatic amines is 1. The lowest BCUT2D eigenvalue weighted by Crippen LogP contribution is -2.52. The zero-order chi connectivity index (χ0) is 34.7. The maximum Gasteiger partial charge on any atom is 0.264 e. The van der Waals surface area contributed by atoms with Crippen LogP contribution in [0.2, 0.25) is 0 Å². The molecule has 3 N–H and O–H groups in total. The number of ether oxygens (including phenoxy) is 1. The lowest BCUT2D eigenvalue weighted by atomic mass is 9.99. The Morgan fingerprint density at radius 3 is 2.41 bits per heavy atom. The molecule has 2 aromatic carbocycles. The molecule has 49 heavy (non-hydrogen) atoms. The first-order valence-electron chi connectivity index (χ1n) is 16.7. The van der Waals surface area contributed by atoms with Crippen LogP contribution >= 0.6 is 23.1 Å². The van der Waals surface area contributed by atoms with Crippen LogP contribution in [0.15, 0.2) is 57.9 Å². The molecule has 0 aliphatic carbocycles. The Hall–Kier alpha value is -3.77. The van der Waals surface area contributed by atoms with Crippen molar-refractivity contribution in [1.29, 1.82) is 0 Å². The van der Waals surface area contributed by atoms with Gasteiger partial charge in [0.2, 0.25) is 5.95 Å². The van der Waals surface area contributed by atoms with Gasteiger partial charge >= 0.3 is 0 Å². The van der Waals surface area contributed by atoms with Crippen LogP contribution in [-0.2, 0) is 11.0 Å². The zero-order valence-corrected chi connectivity index (χ0v) is 31.3. The molecule has 14 heteroatoms. The maximum absolute atomic E-state index is 13.4. The highest BCUT2D eigenvalue weighted by atomic mass is 79.9. The second-order valence-corrected chi connectivity index (χ2v) is 17.2. The Morgan fingerprint density at radius 2 is 1.76 bits per heavy atom. The summed E-state index contributed by atoms with van der Waals surface area (Å²) in [5.74, 6) is 1.62. The van der Waals surface area contributed by atoms with E-state index >= 15 is 0 Å². The van der Waals surface area contributed by atoms with Gasteiger partial charge in [-0.05, 0) is 85.4 Å². The molecule has 2 saturated heterocycles. The molecule has 0 atom stereocenters. The topological polar surface area (TPSA) is 132 Å². The van der Waals surface area contributed by atoms with Gasteiger partial charge in [0, 0.05) is 80.2 Å². The first kappa shape index (κ1) is 35.1. The van der Waals surface area contributed by atoms with E-state index in [1.807, 2.05) is 18.2 Å². The molecule has 2 fully saturated rings. The normalized spacial score (nSPS) is 16.5. The molecule has 0 spiro atoms. The minimum atomic E-state index is -2.74. The van der Waals surface area contributed by atoms with E-state index in [1.165, 1.54) is 17.3 Å². The van der Waals surface area contributed by atoms with Gasteiger partial charge in [-0.15, -0.1) is 0 Å². The van der Waals surface area contributed by atoms with Gasteiger partial charge in [0.25, 0.3) is 5.56 Å². The van der Waals surface area contributed by atoms with Crippen molar-refractivity contribution >= 4 is 57.2 Å². The molecule has 0 unspecified atom stereocenters. The van der Waals surface area contributed by atoms with E-state index in [0.29, 0.717) is 39.0 Å². The third-order valence-electron chi connectivity index (χ3n) is 9.44. The van der Waals surface area contributed by atoms with Gasteiger partial charge in [0.15, 0.2) is 0 Å². The van der Waals surface area contributed by atoms with Crippen LogP contribution in [0, 0.1) is 0 Å². The van der Waals surface area contributed by atoms with E-state index in [2.05, 4.69) is 82.5 Å². The maximum atomic E-state index is 13.4. The number of halogens is 1. The average Bonchev–Trinajstić information content (AvgIpc) is 3.10. The van der Waals surface area contributed by atoms with Gasteiger partial charge in [-0.3, -0.25) is 9.69 Å². The predicted molar refractivity (Wildman–Crippen MR) is 202 cm³/mol. The highest BCUT2D eigenvalue weighted by Crippen LogP contribution is 2.41. The summed E-state index contributed by atoms with van der Waals surface area (Å²) in [6.45, 7) is 12.3. The summed E-state index contributed by atoms with van der Waals surface area (Å²) in [7, 11) is 1.15. The van der Waals surface area contributed by atoms with Crippen LogP contribution in [0.4, 0.5) is 28.8 Å². The minimum Gasteiger partial charge on any atom is -0.494 e. The lowest BCUT2D eigenvalue weighted by Gasteiger charge is -2.43. The average molecular weight is 751 g/mol. The molecule has 260 valence electrons. The summed E-state index contributed by atoms with van der Waals surface area (Å²) in [5, 5.41) is 14.0. The Labute approximate surface area is 296 Å². The number of hydrogen-bond acceptors (Lipinski definition) is 11. The van der Waals surface area contributed by atoms with E-state index in [9.17, 15) is 9.36 Å². The smallest absolute Gasteiger partial charge is 0.264 e. The molecule has 12 nitrogen and oxygen atoms in total. The molecule has 4 aromatic rings. The van der Waals surface area contributed by atoms with Crippen LogP contribution in [0.3, 0.4) is 0 Å². The molecule has 4 heterocycles. The fraction of sp³-hybridized carbons (Fsp3) is 0.429. The van der Waals surface area contributed by atoms with Gasteiger partial charge in [-0.2, -0.15) is 10.1 Å². The van der Waals surface area contributed by atoms with Gasteiger partial charge in [0.1, 0.15) is 18.7 Å². The summed E-state index contributed by atoms with van der Waals surface area (Å²) in [5.41, 5.74) is 4.93. The Kier molecular flexibility index (Phi) is 10.7. The van der Waals surface area contributed by atoms with Crippen molar-refractivity contribution in [3.8, 4) is 17.0 Å². The number of hydrogen-bond donors (Lipinski definition) is 3. The number of nitrogens with one attached hydrogen (secondary N) is 3. The van der Waals surface area contributed by atoms with E-state index in [-0.39, 0.29) is 5.56 Å². The van der Waals surface area contributed by atoms with E-state index in [4.69, 9.17) is 9.72 Å². The molecule has 0 saturated carbocycles. The van der Waals surface area contributed by atoms with Gasteiger partial charge in [0.05, 0.1) is 28.7 Å². The molecule has 2 aliphatic heterocycles. The third-order valence-corrected chi connectivity index (χ3v) is 11.5. The third kappa shape index (κ3) is 8.17. The molecule has 0 radical (unpaired) electrons. The minimum absolute atomic E-state index is 0.284. The molecule has 0 bridgehead atoms. The van der Waals surface area contributed by atoms with Crippen molar-refractivity contribution in [3.63, 3.8) is 0 Å². The summed E-state index contributed by atoms with van der Waals surface area (Å²) >= 11 is 3.58. The summed E-state index contributed by atoms with van der Waals surface area (Å²) in [4.78, 5) is 28.4. The number of likely N-dealkylation sites (N-methyl/N-ethyl adjacent to an activating group) is 1. The largest absolute Gasteiger partial charge is 0.494 e. The number of nitrogens with zero attached hydrogens (tertiary/aromatic N) is 6. The standard InChI is InChI=1S/C35H45BrN9O3P/c1-6-23-19-29(31(48-3)21-30(23)45-13-11-25(12-14-45)44-17-15-43(2)16-18-44)39-35-37-22-26(36)34(40-35)38-28-8-7-24(20-32(28)49(4,5)47)27-9-10-33(46)42-41-27/h7-10,19-22,25H,6,11-18H2,1-5H3,(H,42,46)(H2,37,38,39,40). The van der Waals surface area contributed by atoms with Crippen molar-refractivity contribution in [3.05, 3.63) is 69.1 Å². The first-order valence-corrected chi connectivity index (χ1v) is 20.1.